The molecule has 1 aromatic heterocycles. The number of aromatic nitrogens is 1. The number of carbonyl (C=O) groups is 1. The van der Waals surface area contributed by atoms with E-state index in [9.17, 15) is 14.9 Å². The largest absolute Gasteiger partial charge is 0.351 e. The minimum atomic E-state index is -0.449. The Morgan fingerprint density at radius 2 is 2.04 bits per heavy atom. The zero-order valence-electron chi connectivity index (χ0n) is 14.2. The second-order valence-electron chi connectivity index (χ2n) is 6.16. The van der Waals surface area contributed by atoms with Gasteiger partial charge < -0.3 is 4.57 Å². The molecule has 7 nitrogen and oxygen atoms in total. The van der Waals surface area contributed by atoms with Crippen LogP contribution in [0.2, 0.25) is 0 Å². The molecule has 0 spiro atoms. The van der Waals surface area contributed by atoms with Gasteiger partial charge in [0.15, 0.2) is 0 Å². The van der Waals surface area contributed by atoms with Crippen LogP contribution in [-0.2, 0) is 4.79 Å². The fourth-order valence-electron chi connectivity index (χ4n) is 2.96. The number of hydrogen-bond donors (Lipinski definition) is 1. The summed E-state index contributed by atoms with van der Waals surface area (Å²) in [6.07, 6.45) is 10.8. The van der Waals surface area contributed by atoms with Gasteiger partial charge in [-0.2, -0.15) is 5.10 Å². The van der Waals surface area contributed by atoms with Gasteiger partial charge in [-0.05, 0) is 31.0 Å². The van der Waals surface area contributed by atoms with Crippen LogP contribution in [0.3, 0.4) is 0 Å². The topological polar surface area (TPSA) is 89.5 Å². The van der Waals surface area contributed by atoms with Crippen molar-refractivity contribution in [1.82, 2.24) is 9.99 Å². The molecule has 1 amide bonds. The lowest BCUT2D eigenvalue weighted by atomic mass is 10.2. The Morgan fingerprint density at radius 1 is 1.31 bits per heavy atom. The molecule has 1 fully saturated rings. The van der Waals surface area contributed by atoms with Crippen molar-refractivity contribution < 1.29 is 9.72 Å². The smallest absolute Gasteiger partial charge is 0.269 e. The summed E-state index contributed by atoms with van der Waals surface area (Å²) < 4.78 is 2.22. The first-order valence-electron chi connectivity index (χ1n) is 8.48. The van der Waals surface area contributed by atoms with Crippen LogP contribution < -0.4 is 5.43 Å². The Morgan fingerprint density at radius 3 is 2.73 bits per heavy atom. The maximum absolute atomic E-state index is 11.8. The van der Waals surface area contributed by atoms with E-state index in [4.69, 9.17) is 0 Å². The summed E-state index contributed by atoms with van der Waals surface area (Å²) in [4.78, 5) is 22.8. The molecule has 1 aliphatic rings. The Hall–Kier alpha value is -2.61. The number of amides is 1. The number of non-ortho nitro benzene ring substituents is 1. The van der Waals surface area contributed by atoms with Gasteiger partial charge in [0.25, 0.3) is 5.69 Å². The van der Waals surface area contributed by atoms with Crippen LogP contribution in [0.1, 0.15) is 37.3 Å². The first-order chi connectivity index (χ1) is 12.6. The highest BCUT2D eigenvalue weighted by atomic mass is 32.2. The average molecular weight is 372 g/mol. The van der Waals surface area contributed by atoms with E-state index in [1.165, 1.54) is 49.6 Å². The maximum atomic E-state index is 11.8. The lowest BCUT2D eigenvalue weighted by Gasteiger charge is -2.10. The number of nitrogens with zero attached hydrogens (tertiary/aromatic N) is 3. The molecule has 0 aliphatic heterocycles. The van der Waals surface area contributed by atoms with Crippen molar-refractivity contribution in [3.8, 4) is 0 Å². The number of nitro groups is 1. The number of rotatable bonds is 7. The maximum Gasteiger partial charge on any atom is 0.269 e. The van der Waals surface area contributed by atoms with Crippen molar-refractivity contribution in [2.24, 2.45) is 5.10 Å². The van der Waals surface area contributed by atoms with Crippen molar-refractivity contribution in [2.75, 3.05) is 5.75 Å². The number of hydrogen-bond acceptors (Lipinski definition) is 5. The molecule has 0 bridgehead atoms. The van der Waals surface area contributed by atoms with Crippen LogP contribution in [0, 0.1) is 10.1 Å². The molecule has 1 aromatic carbocycles. The lowest BCUT2D eigenvalue weighted by molar-refractivity contribution is -0.384. The van der Waals surface area contributed by atoms with Crippen molar-refractivity contribution in [3.05, 3.63) is 58.4 Å². The fourth-order valence-corrected chi connectivity index (χ4v) is 3.65. The van der Waals surface area contributed by atoms with Crippen LogP contribution in [-0.4, -0.2) is 27.4 Å². The monoisotopic (exact) mass is 372 g/mol. The molecule has 3 rings (SSSR count). The summed E-state index contributed by atoms with van der Waals surface area (Å²) >= 11 is 1.30. The van der Waals surface area contributed by atoms with Crippen LogP contribution in [0.15, 0.2) is 52.7 Å². The van der Waals surface area contributed by atoms with Gasteiger partial charge in [0.05, 0.1) is 16.9 Å². The summed E-state index contributed by atoms with van der Waals surface area (Å²) in [5, 5.41) is 14.6. The number of thioether (sulfide) groups is 1. The molecule has 0 radical (unpaired) electrons. The summed E-state index contributed by atoms with van der Waals surface area (Å²) in [5.41, 5.74) is 3.50. The zero-order chi connectivity index (χ0) is 18.4. The van der Waals surface area contributed by atoms with E-state index in [1.54, 1.807) is 18.3 Å². The highest BCUT2D eigenvalue weighted by Gasteiger charge is 2.15. The van der Waals surface area contributed by atoms with Gasteiger partial charge in [-0.1, -0.05) is 12.8 Å². The van der Waals surface area contributed by atoms with Gasteiger partial charge >= 0.3 is 0 Å². The molecule has 136 valence electrons. The normalized spacial score (nSPS) is 14.8. The van der Waals surface area contributed by atoms with E-state index in [2.05, 4.69) is 27.5 Å². The van der Waals surface area contributed by atoms with Gasteiger partial charge in [-0.25, -0.2) is 5.43 Å². The lowest BCUT2D eigenvalue weighted by Crippen LogP contribution is -2.19. The van der Waals surface area contributed by atoms with Crippen LogP contribution in [0.5, 0.6) is 0 Å². The molecule has 1 aliphatic carbocycles. The molecule has 1 saturated carbocycles. The Bertz CT molecular complexity index is 795. The standard InChI is InChI=1S/C18H20N4O3S/c23-18(13-26-17-7-5-16(6-8-17)22(24)25)20-19-11-14-9-10-21(12-14)15-3-1-2-4-15/h5-12,15H,1-4,13H2,(H,20,23)/b19-11-. The molecule has 0 atom stereocenters. The average Bonchev–Trinajstić information content (AvgIpc) is 3.32. The van der Waals surface area contributed by atoms with E-state index < -0.39 is 4.92 Å². The quantitative estimate of drug-likeness (QED) is 0.347. The molecular weight excluding hydrogens is 352 g/mol. The molecule has 0 unspecified atom stereocenters. The van der Waals surface area contributed by atoms with Crippen molar-refractivity contribution >= 4 is 29.6 Å². The number of hydrazone groups is 1. The summed E-state index contributed by atoms with van der Waals surface area (Å²) in [5.74, 6) is -0.0297. The summed E-state index contributed by atoms with van der Waals surface area (Å²) in [6, 6.07) is 8.68. The predicted molar refractivity (Wildman–Crippen MR) is 101 cm³/mol. The molecular formula is C18H20N4O3S. The van der Waals surface area contributed by atoms with E-state index >= 15 is 0 Å². The first kappa shape index (κ1) is 18.2. The molecule has 26 heavy (non-hydrogen) atoms. The van der Waals surface area contributed by atoms with Crippen LogP contribution in [0.4, 0.5) is 5.69 Å². The first-order valence-corrected chi connectivity index (χ1v) is 9.47. The SMILES string of the molecule is O=C(CSc1ccc([N+](=O)[O-])cc1)N/N=C\c1ccn(C2CCCC2)c1. The number of nitro benzene ring substituents is 1. The van der Waals surface area contributed by atoms with E-state index in [-0.39, 0.29) is 17.3 Å². The molecule has 1 N–H and O–H groups in total. The Balaban J connectivity index is 1.43. The highest BCUT2D eigenvalue weighted by Crippen LogP contribution is 2.29. The summed E-state index contributed by atoms with van der Waals surface area (Å²) in [6.45, 7) is 0. The van der Waals surface area contributed by atoms with Crippen LogP contribution in [0.25, 0.3) is 0 Å². The number of benzene rings is 1. The minimum Gasteiger partial charge on any atom is -0.351 e. The third-order valence-electron chi connectivity index (χ3n) is 4.30. The van der Waals surface area contributed by atoms with Crippen molar-refractivity contribution in [1.29, 1.82) is 0 Å². The second-order valence-corrected chi connectivity index (χ2v) is 7.21. The third kappa shape index (κ3) is 4.95. The van der Waals surface area contributed by atoms with Crippen molar-refractivity contribution in [3.63, 3.8) is 0 Å². The van der Waals surface area contributed by atoms with Crippen molar-refractivity contribution in [2.45, 2.75) is 36.6 Å². The molecule has 0 saturated heterocycles. The van der Waals surface area contributed by atoms with Gasteiger partial charge in [0.1, 0.15) is 0 Å². The number of carbonyl (C=O) groups excluding carboxylic acids is 1. The predicted octanol–water partition coefficient (Wildman–Crippen LogP) is 3.75. The van der Waals surface area contributed by atoms with Gasteiger partial charge in [-0.15, -0.1) is 11.8 Å². The molecule has 8 heteroatoms. The zero-order valence-corrected chi connectivity index (χ0v) is 15.0. The third-order valence-corrected chi connectivity index (χ3v) is 5.32. The second kappa shape index (κ2) is 8.66. The number of nitrogens with one attached hydrogen (secondary N) is 1. The Kier molecular flexibility index (Phi) is 6.06. The minimum absolute atomic E-state index is 0.0351. The summed E-state index contributed by atoms with van der Waals surface area (Å²) in [7, 11) is 0. The van der Waals surface area contributed by atoms with Gasteiger partial charge in [0, 0.05) is 41.0 Å². The van der Waals surface area contributed by atoms with Gasteiger partial charge in [-0.3, -0.25) is 14.9 Å². The Labute approximate surface area is 155 Å². The van der Waals surface area contributed by atoms with E-state index in [1.807, 2.05) is 6.07 Å². The fraction of sp³-hybridized carbons (Fsp3) is 0.333. The van der Waals surface area contributed by atoms with Gasteiger partial charge in [0.2, 0.25) is 5.91 Å². The van der Waals surface area contributed by atoms with E-state index in [0.717, 1.165) is 10.5 Å². The van der Waals surface area contributed by atoms with E-state index in [0.29, 0.717) is 6.04 Å². The molecule has 2 aromatic rings. The van der Waals surface area contributed by atoms with Crippen LogP contribution >= 0.6 is 11.8 Å². The highest BCUT2D eigenvalue weighted by molar-refractivity contribution is 8.00. The molecule has 1 heterocycles.